The van der Waals surface area contributed by atoms with Crippen LogP contribution in [0.4, 0.5) is 8.78 Å². The van der Waals surface area contributed by atoms with E-state index in [-0.39, 0.29) is 11.6 Å². The Bertz CT molecular complexity index is 592. The second-order valence-electron chi connectivity index (χ2n) is 4.83. The van der Waals surface area contributed by atoms with Crippen molar-refractivity contribution in [1.29, 1.82) is 0 Å². The highest BCUT2D eigenvalue weighted by atomic mass is 19.1. The highest BCUT2D eigenvalue weighted by molar-refractivity contribution is 5.64. The summed E-state index contributed by atoms with van der Waals surface area (Å²) in [6, 6.07) is 11.1. The summed E-state index contributed by atoms with van der Waals surface area (Å²) >= 11 is 0. The van der Waals surface area contributed by atoms with Gasteiger partial charge < -0.3 is 10.1 Å². The lowest BCUT2D eigenvalue weighted by Gasteiger charge is -2.24. The van der Waals surface area contributed by atoms with Gasteiger partial charge in [-0.3, -0.25) is 0 Å². The molecule has 2 nitrogen and oxygen atoms in total. The Kier molecular flexibility index (Phi) is 3.76. The topological polar surface area (TPSA) is 21.3 Å². The van der Waals surface area contributed by atoms with Crippen LogP contribution in [0.2, 0.25) is 0 Å². The summed E-state index contributed by atoms with van der Waals surface area (Å²) in [5, 5.41) is 3.36. The molecule has 1 unspecified atom stereocenters. The molecule has 1 heterocycles. The second kappa shape index (κ2) is 5.69. The quantitative estimate of drug-likeness (QED) is 0.908. The van der Waals surface area contributed by atoms with Gasteiger partial charge in [0.05, 0.1) is 19.3 Å². The van der Waals surface area contributed by atoms with Gasteiger partial charge in [-0.25, -0.2) is 8.78 Å². The normalized spacial score (nSPS) is 19.0. The predicted octanol–water partition coefficient (Wildman–Crippen LogP) is 3.29. The zero-order valence-electron chi connectivity index (χ0n) is 10.9. The van der Waals surface area contributed by atoms with Crippen LogP contribution in [0.15, 0.2) is 42.5 Å². The van der Waals surface area contributed by atoms with Crippen LogP contribution in [0, 0.1) is 11.6 Å². The summed E-state index contributed by atoms with van der Waals surface area (Å²) in [6.07, 6.45) is 0. The van der Waals surface area contributed by atoms with Crippen LogP contribution in [-0.4, -0.2) is 19.8 Å². The SMILES string of the molecule is Fc1ccc(F)c(-c2ccc(C3COCCN3)cc2)c1. The van der Waals surface area contributed by atoms with Crippen molar-refractivity contribution >= 4 is 0 Å². The lowest BCUT2D eigenvalue weighted by molar-refractivity contribution is 0.0769. The predicted molar refractivity (Wildman–Crippen MR) is 73.4 cm³/mol. The van der Waals surface area contributed by atoms with Crippen LogP contribution in [0.25, 0.3) is 11.1 Å². The molecule has 1 saturated heterocycles. The van der Waals surface area contributed by atoms with Gasteiger partial charge in [0.2, 0.25) is 0 Å². The molecule has 1 aliphatic heterocycles. The van der Waals surface area contributed by atoms with E-state index in [0.717, 1.165) is 30.8 Å². The largest absolute Gasteiger partial charge is 0.378 e. The van der Waals surface area contributed by atoms with Crippen LogP contribution in [-0.2, 0) is 4.74 Å². The first kappa shape index (κ1) is 13.2. The first-order valence-corrected chi connectivity index (χ1v) is 6.60. The molecule has 0 radical (unpaired) electrons. The van der Waals surface area contributed by atoms with E-state index in [1.807, 2.05) is 24.3 Å². The zero-order chi connectivity index (χ0) is 13.9. The van der Waals surface area contributed by atoms with Gasteiger partial charge in [-0.1, -0.05) is 24.3 Å². The van der Waals surface area contributed by atoms with Gasteiger partial charge in [-0.2, -0.15) is 0 Å². The molecule has 1 atom stereocenters. The highest BCUT2D eigenvalue weighted by Crippen LogP contribution is 2.26. The number of benzene rings is 2. The lowest BCUT2D eigenvalue weighted by atomic mass is 10.00. The smallest absolute Gasteiger partial charge is 0.131 e. The van der Waals surface area contributed by atoms with Gasteiger partial charge in [0.15, 0.2) is 0 Å². The summed E-state index contributed by atoms with van der Waals surface area (Å²) < 4.78 is 32.3. The molecule has 2 aromatic carbocycles. The van der Waals surface area contributed by atoms with Crippen molar-refractivity contribution < 1.29 is 13.5 Å². The van der Waals surface area contributed by atoms with E-state index in [1.165, 1.54) is 6.07 Å². The monoisotopic (exact) mass is 275 g/mol. The van der Waals surface area contributed by atoms with Gasteiger partial charge in [0.1, 0.15) is 11.6 Å². The van der Waals surface area contributed by atoms with Crippen molar-refractivity contribution in [2.45, 2.75) is 6.04 Å². The Morgan fingerprint density at radius 1 is 1.05 bits per heavy atom. The van der Waals surface area contributed by atoms with Gasteiger partial charge in [-0.15, -0.1) is 0 Å². The first-order chi connectivity index (χ1) is 9.74. The number of morpholine rings is 1. The number of nitrogens with one attached hydrogen (secondary N) is 1. The molecular weight excluding hydrogens is 260 g/mol. The van der Waals surface area contributed by atoms with Crippen molar-refractivity contribution in [3.05, 3.63) is 59.7 Å². The second-order valence-corrected chi connectivity index (χ2v) is 4.83. The number of hydrogen-bond donors (Lipinski definition) is 1. The minimum absolute atomic E-state index is 0.162. The van der Waals surface area contributed by atoms with Crippen molar-refractivity contribution in [2.24, 2.45) is 0 Å². The summed E-state index contributed by atoms with van der Waals surface area (Å²) in [6.45, 7) is 2.18. The lowest BCUT2D eigenvalue weighted by Crippen LogP contribution is -2.34. The van der Waals surface area contributed by atoms with Gasteiger partial charge >= 0.3 is 0 Å². The fraction of sp³-hybridized carbons (Fsp3) is 0.250. The molecule has 4 heteroatoms. The van der Waals surface area contributed by atoms with Crippen molar-refractivity contribution in [3.63, 3.8) is 0 Å². The summed E-state index contributed by atoms with van der Waals surface area (Å²) in [7, 11) is 0. The molecule has 3 rings (SSSR count). The average Bonchev–Trinajstić information content (AvgIpc) is 2.51. The van der Waals surface area contributed by atoms with Crippen LogP contribution in [0.3, 0.4) is 0 Å². The third-order valence-corrected chi connectivity index (χ3v) is 3.47. The van der Waals surface area contributed by atoms with Crippen molar-refractivity contribution in [1.82, 2.24) is 5.32 Å². The minimum Gasteiger partial charge on any atom is -0.378 e. The molecule has 0 amide bonds. The molecule has 1 fully saturated rings. The fourth-order valence-electron chi connectivity index (χ4n) is 2.39. The Morgan fingerprint density at radius 2 is 1.85 bits per heavy atom. The maximum absolute atomic E-state index is 13.7. The van der Waals surface area contributed by atoms with Gasteiger partial charge in [0.25, 0.3) is 0 Å². The van der Waals surface area contributed by atoms with E-state index in [9.17, 15) is 8.78 Å². The van der Waals surface area contributed by atoms with Crippen molar-refractivity contribution in [3.8, 4) is 11.1 Å². The highest BCUT2D eigenvalue weighted by Gasteiger charge is 2.15. The van der Waals surface area contributed by atoms with Crippen molar-refractivity contribution in [2.75, 3.05) is 19.8 Å². The zero-order valence-corrected chi connectivity index (χ0v) is 10.9. The number of halogens is 2. The van der Waals surface area contributed by atoms with E-state index in [1.54, 1.807) is 0 Å². The molecule has 0 saturated carbocycles. The Balaban J connectivity index is 1.87. The molecule has 20 heavy (non-hydrogen) atoms. The molecule has 2 aromatic rings. The van der Waals surface area contributed by atoms with Crippen LogP contribution < -0.4 is 5.32 Å². The number of rotatable bonds is 2. The summed E-state index contributed by atoms with van der Waals surface area (Å²) in [5.74, 6) is -0.855. The summed E-state index contributed by atoms with van der Waals surface area (Å²) in [4.78, 5) is 0. The minimum atomic E-state index is -0.437. The summed E-state index contributed by atoms with van der Waals surface area (Å²) in [5.41, 5.74) is 2.04. The van der Waals surface area contributed by atoms with Gasteiger partial charge in [0, 0.05) is 12.1 Å². The van der Waals surface area contributed by atoms with E-state index < -0.39 is 11.6 Å². The van der Waals surface area contributed by atoms with E-state index in [0.29, 0.717) is 12.2 Å². The number of hydrogen-bond acceptors (Lipinski definition) is 2. The molecule has 0 bridgehead atoms. The molecule has 0 aromatic heterocycles. The number of ether oxygens (including phenoxy) is 1. The molecule has 0 spiro atoms. The maximum Gasteiger partial charge on any atom is 0.131 e. The van der Waals surface area contributed by atoms with Gasteiger partial charge in [-0.05, 0) is 29.3 Å². The standard InChI is InChI=1S/C16H15F2NO/c17-13-5-6-15(18)14(9-13)11-1-3-12(4-2-11)16-10-20-8-7-19-16/h1-6,9,16,19H,7-8,10H2. The van der Waals surface area contributed by atoms with Crippen LogP contribution in [0.5, 0.6) is 0 Å². The average molecular weight is 275 g/mol. The third kappa shape index (κ3) is 2.71. The van der Waals surface area contributed by atoms with E-state index in [2.05, 4.69) is 5.32 Å². The fourth-order valence-corrected chi connectivity index (χ4v) is 2.39. The third-order valence-electron chi connectivity index (χ3n) is 3.47. The molecule has 104 valence electrons. The molecule has 1 aliphatic rings. The maximum atomic E-state index is 13.7. The van der Waals surface area contributed by atoms with E-state index in [4.69, 9.17) is 4.74 Å². The van der Waals surface area contributed by atoms with E-state index >= 15 is 0 Å². The molecule has 1 N–H and O–H groups in total. The van der Waals surface area contributed by atoms with Crippen LogP contribution >= 0.6 is 0 Å². The molecule has 0 aliphatic carbocycles. The first-order valence-electron chi connectivity index (χ1n) is 6.60. The Labute approximate surface area is 116 Å². The van der Waals surface area contributed by atoms with Crippen LogP contribution in [0.1, 0.15) is 11.6 Å². The Hall–Kier alpha value is -1.78. The molecular formula is C16H15F2NO. The Morgan fingerprint density at radius 3 is 2.55 bits per heavy atom.